The second-order valence-corrected chi connectivity index (χ2v) is 8.91. The van der Waals surface area contributed by atoms with Crippen molar-refractivity contribution in [1.29, 1.82) is 0 Å². The topological polar surface area (TPSA) is 79.3 Å². The molecule has 168 valence electrons. The molecule has 2 aliphatic heterocycles. The number of fused-ring (bicyclic) bond motifs is 2. The number of hydrogen-bond acceptors (Lipinski definition) is 6. The molecule has 0 aliphatic carbocycles. The molecule has 2 aliphatic rings. The lowest BCUT2D eigenvalue weighted by atomic mass is 10.0. The van der Waals surface area contributed by atoms with Crippen LogP contribution in [0.2, 0.25) is 0 Å². The molecule has 0 radical (unpaired) electrons. The van der Waals surface area contributed by atoms with Crippen LogP contribution in [0, 0.1) is 0 Å². The standard InChI is InChI=1S/C28H25N5O/c34-26(25-9-4-12-30-25)14-18-5-3-6-19(13-18)27-32-24-8-2-1-7-23(24)28(33-27)31-22-11-10-20-16-29-17-21(20)15-22/h1-3,5-8,10-11,13,15,17,25,30H,4,9,12,14,16H2,(H,31,32,33)/t25-/m1/s1. The van der Waals surface area contributed by atoms with Crippen LogP contribution in [-0.2, 0) is 17.8 Å². The number of nitrogens with zero attached hydrogens (tertiary/aromatic N) is 3. The number of aromatic nitrogens is 2. The number of Topliss-reactive ketones (excluding diaryl/α,β-unsaturated/α-hetero) is 1. The number of carbonyl (C=O) groups excluding carboxylic acids is 1. The van der Waals surface area contributed by atoms with Crippen molar-refractivity contribution in [2.75, 3.05) is 11.9 Å². The van der Waals surface area contributed by atoms with Crippen LogP contribution in [0.15, 0.2) is 71.7 Å². The molecule has 2 N–H and O–H groups in total. The molecule has 6 rings (SSSR count). The highest BCUT2D eigenvalue weighted by atomic mass is 16.1. The molecule has 0 amide bonds. The van der Waals surface area contributed by atoms with Gasteiger partial charge in [-0.25, -0.2) is 9.97 Å². The van der Waals surface area contributed by atoms with Gasteiger partial charge in [-0.3, -0.25) is 9.79 Å². The fourth-order valence-corrected chi connectivity index (χ4v) is 4.72. The van der Waals surface area contributed by atoms with Gasteiger partial charge in [0.1, 0.15) is 5.82 Å². The maximum Gasteiger partial charge on any atom is 0.162 e. The molecule has 0 spiro atoms. The first-order chi connectivity index (χ1) is 16.7. The van der Waals surface area contributed by atoms with Crippen molar-refractivity contribution in [2.24, 2.45) is 4.99 Å². The van der Waals surface area contributed by atoms with Crippen molar-refractivity contribution in [3.63, 3.8) is 0 Å². The van der Waals surface area contributed by atoms with Crippen LogP contribution >= 0.6 is 0 Å². The number of aliphatic imine (C=N–C) groups is 1. The summed E-state index contributed by atoms with van der Waals surface area (Å²) in [6, 6.07) is 22.3. The van der Waals surface area contributed by atoms with E-state index in [-0.39, 0.29) is 11.8 Å². The zero-order valence-corrected chi connectivity index (χ0v) is 18.8. The summed E-state index contributed by atoms with van der Waals surface area (Å²) in [5.41, 5.74) is 6.09. The third kappa shape index (κ3) is 4.08. The number of carbonyl (C=O) groups is 1. The average Bonchev–Trinajstić information content (AvgIpc) is 3.56. The molecule has 6 nitrogen and oxygen atoms in total. The molecular formula is C28H25N5O. The van der Waals surface area contributed by atoms with Gasteiger partial charge in [0.15, 0.2) is 11.6 Å². The third-order valence-corrected chi connectivity index (χ3v) is 6.52. The Labute approximate surface area is 198 Å². The van der Waals surface area contributed by atoms with Crippen molar-refractivity contribution in [3.8, 4) is 11.4 Å². The predicted octanol–water partition coefficient (Wildman–Crippen LogP) is 4.84. The van der Waals surface area contributed by atoms with E-state index in [1.54, 1.807) is 0 Å². The molecule has 1 atom stereocenters. The summed E-state index contributed by atoms with van der Waals surface area (Å²) < 4.78 is 0. The molecule has 34 heavy (non-hydrogen) atoms. The molecule has 6 heteroatoms. The summed E-state index contributed by atoms with van der Waals surface area (Å²) in [6.07, 6.45) is 4.32. The summed E-state index contributed by atoms with van der Waals surface area (Å²) in [5.74, 6) is 1.64. The number of ketones is 1. The summed E-state index contributed by atoms with van der Waals surface area (Å²) in [6.45, 7) is 1.67. The Morgan fingerprint density at radius 1 is 1.03 bits per heavy atom. The van der Waals surface area contributed by atoms with E-state index in [1.807, 2.05) is 54.7 Å². The van der Waals surface area contributed by atoms with Gasteiger partial charge in [-0.05, 0) is 66.4 Å². The van der Waals surface area contributed by atoms with Crippen LogP contribution in [-0.4, -0.2) is 34.6 Å². The van der Waals surface area contributed by atoms with Gasteiger partial charge in [0.2, 0.25) is 0 Å². The highest BCUT2D eigenvalue weighted by molar-refractivity contribution is 5.93. The molecule has 0 saturated carbocycles. The van der Waals surface area contributed by atoms with Gasteiger partial charge in [-0.15, -0.1) is 0 Å². The Kier molecular flexibility index (Phi) is 5.35. The largest absolute Gasteiger partial charge is 0.340 e. The van der Waals surface area contributed by atoms with Crippen LogP contribution in [0.5, 0.6) is 0 Å². The van der Waals surface area contributed by atoms with Gasteiger partial charge in [-0.2, -0.15) is 0 Å². The van der Waals surface area contributed by atoms with E-state index < -0.39 is 0 Å². The lowest BCUT2D eigenvalue weighted by Gasteiger charge is -2.13. The summed E-state index contributed by atoms with van der Waals surface area (Å²) in [4.78, 5) is 26.8. The Hall–Kier alpha value is -3.90. The lowest BCUT2D eigenvalue weighted by Crippen LogP contribution is -2.31. The van der Waals surface area contributed by atoms with Crippen molar-refractivity contribution < 1.29 is 4.79 Å². The Bertz CT molecular complexity index is 1420. The van der Waals surface area contributed by atoms with Crippen LogP contribution < -0.4 is 10.6 Å². The second-order valence-electron chi connectivity index (χ2n) is 8.91. The zero-order valence-electron chi connectivity index (χ0n) is 18.8. The number of nitrogens with one attached hydrogen (secondary N) is 2. The fourth-order valence-electron chi connectivity index (χ4n) is 4.72. The molecule has 0 bridgehead atoms. The van der Waals surface area contributed by atoms with Crippen molar-refractivity contribution >= 4 is 34.4 Å². The first-order valence-electron chi connectivity index (χ1n) is 11.7. The van der Waals surface area contributed by atoms with E-state index in [2.05, 4.69) is 33.8 Å². The SMILES string of the molecule is O=C(Cc1cccc(-c2nc(Nc3ccc4c(c3)C=NC4)c3ccccc3n2)c1)[C@H]1CCCN1. The van der Waals surface area contributed by atoms with Crippen molar-refractivity contribution in [2.45, 2.75) is 31.8 Å². The quantitative estimate of drug-likeness (QED) is 0.442. The number of para-hydroxylation sites is 1. The Morgan fingerprint density at radius 2 is 1.97 bits per heavy atom. The molecule has 3 aromatic carbocycles. The van der Waals surface area contributed by atoms with E-state index >= 15 is 0 Å². The molecule has 0 unspecified atom stereocenters. The first-order valence-corrected chi connectivity index (χ1v) is 11.7. The van der Waals surface area contributed by atoms with Crippen LogP contribution in [0.1, 0.15) is 29.5 Å². The van der Waals surface area contributed by atoms with Gasteiger partial charge in [-0.1, -0.05) is 36.4 Å². The normalized spacial score (nSPS) is 16.6. The predicted molar refractivity (Wildman–Crippen MR) is 136 cm³/mol. The molecular weight excluding hydrogens is 422 g/mol. The Morgan fingerprint density at radius 3 is 2.88 bits per heavy atom. The first kappa shape index (κ1) is 20.7. The monoisotopic (exact) mass is 447 g/mol. The highest BCUT2D eigenvalue weighted by Gasteiger charge is 2.22. The van der Waals surface area contributed by atoms with Gasteiger partial charge in [0.05, 0.1) is 18.1 Å². The highest BCUT2D eigenvalue weighted by Crippen LogP contribution is 2.29. The summed E-state index contributed by atoms with van der Waals surface area (Å²) in [5, 5.41) is 7.75. The molecule has 4 aromatic rings. The minimum Gasteiger partial charge on any atom is -0.340 e. The minimum atomic E-state index is -0.0197. The molecule has 3 heterocycles. The van der Waals surface area contributed by atoms with Crippen molar-refractivity contribution in [3.05, 3.63) is 83.4 Å². The summed E-state index contributed by atoms with van der Waals surface area (Å²) in [7, 11) is 0. The lowest BCUT2D eigenvalue weighted by molar-refractivity contribution is -0.120. The van der Waals surface area contributed by atoms with E-state index in [4.69, 9.17) is 9.97 Å². The molecule has 1 saturated heterocycles. The van der Waals surface area contributed by atoms with Crippen LogP contribution in [0.3, 0.4) is 0 Å². The number of rotatable bonds is 6. The number of anilines is 2. The fraction of sp³-hybridized carbons (Fsp3) is 0.214. The van der Waals surface area contributed by atoms with Gasteiger partial charge >= 0.3 is 0 Å². The maximum absolute atomic E-state index is 12.7. The summed E-state index contributed by atoms with van der Waals surface area (Å²) >= 11 is 0. The Balaban J connectivity index is 1.34. The maximum atomic E-state index is 12.7. The molecule has 1 fully saturated rings. The van der Waals surface area contributed by atoms with Gasteiger partial charge < -0.3 is 10.6 Å². The van der Waals surface area contributed by atoms with Gasteiger partial charge in [0.25, 0.3) is 0 Å². The van der Waals surface area contributed by atoms with E-state index in [0.29, 0.717) is 12.2 Å². The smallest absolute Gasteiger partial charge is 0.162 e. The average molecular weight is 448 g/mol. The second kappa shape index (κ2) is 8.80. The number of hydrogen-bond donors (Lipinski definition) is 2. The third-order valence-electron chi connectivity index (χ3n) is 6.52. The van der Waals surface area contributed by atoms with Crippen molar-refractivity contribution in [1.82, 2.24) is 15.3 Å². The van der Waals surface area contributed by atoms with Crippen LogP contribution in [0.4, 0.5) is 11.5 Å². The molecule has 1 aromatic heterocycles. The minimum absolute atomic E-state index is 0.0197. The van der Waals surface area contributed by atoms with E-state index in [1.165, 1.54) is 5.56 Å². The number of benzene rings is 3. The van der Waals surface area contributed by atoms with E-state index in [9.17, 15) is 4.79 Å². The zero-order chi connectivity index (χ0) is 22.9. The van der Waals surface area contributed by atoms with Gasteiger partial charge in [0, 0.05) is 29.3 Å². The van der Waals surface area contributed by atoms with E-state index in [0.717, 1.165) is 65.0 Å². The van der Waals surface area contributed by atoms with Crippen LogP contribution in [0.25, 0.3) is 22.3 Å².